The van der Waals surface area contributed by atoms with E-state index in [2.05, 4.69) is 14.8 Å². The Morgan fingerprint density at radius 1 is 1.21 bits per heavy atom. The van der Waals surface area contributed by atoms with E-state index in [1.807, 2.05) is 12.3 Å². The maximum absolute atomic E-state index is 9.42. The second-order valence-corrected chi connectivity index (χ2v) is 5.65. The number of anilines is 1. The summed E-state index contributed by atoms with van der Waals surface area (Å²) in [5.41, 5.74) is 2.11. The molecule has 2 fully saturated rings. The van der Waals surface area contributed by atoms with Crippen LogP contribution >= 0.6 is 0 Å². The molecule has 0 spiro atoms. The lowest BCUT2D eigenvalue weighted by Crippen LogP contribution is -2.40. The van der Waals surface area contributed by atoms with Crippen molar-refractivity contribution in [2.24, 2.45) is 0 Å². The lowest BCUT2D eigenvalue weighted by Gasteiger charge is -2.32. The van der Waals surface area contributed by atoms with Gasteiger partial charge in [-0.3, -0.25) is 9.88 Å². The van der Waals surface area contributed by atoms with Crippen LogP contribution in [0.25, 0.3) is 0 Å². The van der Waals surface area contributed by atoms with Gasteiger partial charge < -0.3 is 10.0 Å². The second kappa shape index (κ2) is 5.88. The van der Waals surface area contributed by atoms with E-state index in [0.29, 0.717) is 6.04 Å². The standard InChI is InChI=1S/C15H23N3O/c19-12-13-10-16-6-4-15(13)18-9-5-14(11-18)17-7-2-1-3-8-17/h4,6,10,14,19H,1-3,5,7-9,11-12H2. The topological polar surface area (TPSA) is 39.6 Å². The summed E-state index contributed by atoms with van der Waals surface area (Å²) < 4.78 is 0. The number of hydrogen-bond acceptors (Lipinski definition) is 4. The molecule has 1 aromatic heterocycles. The van der Waals surface area contributed by atoms with Crippen LogP contribution in [0.3, 0.4) is 0 Å². The van der Waals surface area contributed by atoms with Gasteiger partial charge in [-0.05, 0) is 38.4 Å². The molecule has 3 rings (SSSR count). The maximum atomic E-state index is 9.42. The average Bonchev–Trinajstić information content (AvgIpc) is 2.98. The second-order valence-electron chi connectivity index (χ2n) is 5.65. The summed E-state index contributed by atoms with van der Waals surface area (Å²) in [4.78, 5) is 9.16. The van der Waals surface area contributed by atoms with Gasteiger partial charge in [-0.25, -0.2) is 0 Å². The van der Waals surface area contributed by atoms with E-state index in [0.717, 1.165) is 24.3 Å². The van der Waals surface area contributed by atoms with Gasteiger partial charge in [0, 0.05) is 42.8 Å². The first-order chi connectivity index (χ1) is 9.38. The lowest BCUT2D eigenvalue weighted by molar-refractivity contribution is 0.175. The van der Waals surface area contributed by atoms with E-state index in [-0.39, 0.29) is 6.61 Å². The zero-order valence-corrected chi connectivity index (χ0v) is 11.5. The molecule has 0 radical (unpaired) electrons. The maximum Gasteiger partial charge on any atom is 0.0717 e. The molecule has 0 aliphatic carbocycles. The Balaban J connectivity index is 1.67. The van der Waals surface area contributed by atoms with Gasteiger partial charge in [0.2, 0.25) is 0 Å². The normalized spacial score (nSPS) is 24.9. The summed E-state index contributed by atoms with van der Waals surface area (Å²) in [6.45, 7) is 4.80. The van der Waals surface area contributed by atoms with E-state index < -0.39 is 0 Å². The molecular weight excluding hydrogens is 238 g/mol. The fraction of sp³-hybridized carbons (Fsp3) is 0.667. The Labute approximate surface area is 115 Å². The number of aromatic nitrogens is 1. The van der Waals surface area contributed by atoms with Gasteiger partial charge in [0.15, 0.2) is 0 Å². The highest BCUT2D eigenvalue weighted by atomic mass is 16.3. The minimum absolute atomic E-state index is 0.0774. The first-order valence-corrected chi connectivity index (χ1v) is 7.41. The van der Waals surface area contributed by atoms with Crippen molar-refractivity contribution in [2.75, 3.05) is 31.1 Å². The van der Waals surface area contributed by atoms with Crippen molar-refractivity contribution in [2.45, 2.75) is 38.3 Å². The molecule has 0 saturated carbocycles. The highest BCUT2D eigenvalue weighted by Crippen LogP contribution is 2.27. The predicted octanol–water partition coefficient (Wildman–Crippen LogP) is 1.64. The molecule has 0 amide bonds. The number of nitrogens with zero attached hydrogens (tertiary/aromatic N) is 3. The summed E-state index contributed by atoms with van der Waals surface area (Å²) in [7, 11) is 0. The van der Waals surface area contributed by atoms with Crippen molar-refractivity contribution < 1.29 is 5.11 Å². The Bertz CT molecular complexity index is 418. The molecule has 2 aliphatic rings. The predicted molar refractivity (Wildman–Crippen MR) is 76.2 cm³/mol. The van der Waals surface area contributed by atoms with E-state index >= 15 is 0 Å². The number of aliphatic hydroxyl groups is 1. The molecule has 4 nitrogen and oxygen atoms in total. The van der Waals surface area contributed by atoms with Crippen LogP contribution in [-0.2, 0) is 6.61 Å². The summed E-state index contributed by atoms with van der Waals surface area (Å²) in [5, 5.41) is 9.42. The van der Waals surface area contributed by atoms with Crippen LogP contribution in [0, 0.1) is 0 Å². The zero-order valence-electron chi connectivity index (χ0n) is 11.5. The van der Waals surface area contributed by atoms with Gasteiger partial charge in [0.1, 0.15) is 0 Å². The third kappa shape index (κ3) is 2.74. The van der Waals surface area contributed by atoms with Gasteiger partial charge in [-0.2, -0.15) is 0 Å². The van der Waals surface area contributed by atoms with Crippen LogP contribution < -0.4 is 4.90 Å². The van der Waals surface area contributed by atoms with Crippen molar-refractivity contribution in [1.82, 2.24) is 9.88 Å². The molecule has 2 aliphatic heterocycles. The minimum Gasteiger partial charge on any atom is -0.392 e. The number of likely N-dealkylation sites (tertiary alicyclic amines) is 1. The number of hydrogen-bond donors (Lipinski definition) is 1. The summed E-state index contributed by atoms with van der Waals surface area (Å²) in [6.07, 6.45) is 8.95. The molecule has 104 valence electrons. The molecule has 2 saturated heterocycles. The molecule has 0 aromatic carbocycles. The quantitative estimate of drug-likeness (QED) is 0.898. The molecule has 1 unspecified atom stereocenters. The van der Waals surface area contributed by atoms with Gasteiger partial charge in [-0.1, -0.05) is 6.42 Å². The smallest absolute Gasteiger partial charge is 0.0717 e. The third-order valence-corrected chi connectivity index (χ3v) is 4.46. The van der Waals surface area contributed by atoms with Crippen LogP contribution in [0.2, 0.25) is 0 Å². The molecule has 4 heteroatoms. The van der Waals surface area contributed by atoms with Crippen molar-refractivity contribution in [3.8, 4) is 0 Å². The Morgan fingerprint density at radius 2 is 2.05 bits per heavy atom. The first kappa shape index (κ1) is 12.9. The molecule has 1 atom stereocenters. The average molecular weight is 261 g/mol. The number of rotatable bonds is 3. The number of aliphatic hydroxyl groups excluding tert-OH is 1. The van der Waals surface area contributed by atoms with Gasteiger partial charge in [0.25, 0.3) is 0 Å². The first-order valence-electron chi connectivity index (χ1n) is 7.41. The van der Waals surface area contributed by atoms with Crippen LogP contribution in [0.1, 0.15) is 31.2 Å². The highest BCUT2D eigenvalue weighted by molar-refractivity contribution is 5.53. The Kier molecular flexibility index (Phi) is 3.99. The molecule has 1 aromatic rings. The fourth-order valence-electron chi connectivity index (χ4n) is 3.39. The zero-order chi connectivity index (χ0) is 13.1. The van der Waals surface area contributed by atoms with Crippen LogP contribution in [0.15, 0.2) is 18.5 Å². The van der Waals surface area contributed by atoms with Crippen LogP contribution in [0.5, 0.6) is 0 Å². The SMILES string of the molecule is OCc1cnccc1N1CCC(N2CCCCC2)C1. The third-order valence-electron chi connectivity index (χ3n) is 4.46. The van der Waals surface area contributed by atoms with Crippen molar-refractivity contribution in [1.29, 1.82) is 0 Å². The number of piperidine rings is 1. The molecule has 19 heavy (non-hydrogen) atoms. The van der Waals surface area contributed by atoms with Gasteiger partial charge in [0.05, 0.1) is 6.61 Å². The minimum atomic E-state index is 0.0774. The Morgan fingerprint density at radius 3 is 2.84 bits per heavy atom. The van der Waals surface area contributed by atoms with Gasteiger partial charge in [-0.15, -0.1) is 0 Å². The number of pyridine rings is 1. The van der Waals surface area contributed by atoms with Gasteiger partial charge >= 0.3 is 0 Å². The summed E-state index contributed by atoms with van der Waals surface area (Å²) in [5.74, 6) is 0. The lowest BCUT2D eigenvalue weighted by atomic mass is 10.1. The van der Waals surface area contributed by atoms with Crippen molar-refractivity contribution >= 4 is 5.69 Å². The van der Waals surface area contributed by atoms with Crippen molar-refractivity contribution in [3.05, 3.63) is 24.0 Å². The van der Waals surface area contributed by atoms with E-state index in [9.17, 15) is 5.11 Å². The van der Waals surface area contributed by atoms with E-state index in [1.165, 1.54) is 38.8 Å². The highest BCUT2D eigenvalue weighted by Gasteiger charge is 2.29. The summed E-state index contributed by atoms with van der Waals surface area (Å²) >= 11 is 0. The monoisotopic (exact) mass is 261 g/mol. The van der Waals surface area contributed by atoms with E-state index in [4.69, 9.17) is 0 Å². The fourth-order valence-corrected chi connectivity index (χ4v) is 3.39. The largest absolute Gasteiger partial charge is 0.392 e. The molecule has 0 bridgehead atoms. The molecular formula is C15H23N3O. The Hall–Kier alpha value is -1.13. The van der Waals surface area contributed by atoms with E-state index in [1.54, 1.807) is 6.20 Å². The molecule has 3 heterocycles. The molecule has 1 N–H and O–H groups in total. The van der Waals surface area contributed by atoms with Crippen molar-refractivity contribution in [3.63, 3.8) is 0 Å². The van der Waals surface area contributed by atoms with Crippen LogP contribution in [-0.4, -0.2) is 47.2 Å². The summed E-state index contributed by atoms with van der Waals surface area (Å²) in [6, 6.07) is 2.73. The van der Waals surface area contributed by atoms with Crippen LogP contribution in [0.4, 0.5) is 5.69 Å².